The second-order valence-electron chi connectivity index (χ2n) is 5.03. The van der Waals surface area contributed by atoms with Crippen LogP contribution in [0.2, 0.25) is 0 Å². The van der Waals surface area contributed by atoms with Crippen LogP contribution in [0.3, 0.4) is 0 Å². The number of nitrogens with zero attached hydrogens (tertiary/aromatic N) is 1. The lowest BCUT2D eigenvalue weighted by Crippen LogP contribution is -2.47. The quantitative estimate of drug-likeness (QED) is 0.518. The standard InChI is InChI=1S/C13H14BrFN2O3/c14-8-13(3-1-2-4-13)16-12(18)9-5-10(15)7-11(6-9)17(19)20/h5-7H,1-4,8H2,(H,16,18). The summed E-state index contributed by atoms with van der Waals surface area (Å²) in [6.07, 6.45) is 3.74. The predicted molar refractivity (Wildman–Crippen MR) is 75.5 cm³/mol. The molecule has 0 aromatic heterocycles. The summed E-state index contributed by atoms with van der Waals surface area (Å²) in [5, 5.41) is 14.2. The molecule has 0 saturated heterocycles. The molecule has 1 N–H and O–H groups in total. The Morgan fingerprint density at radius 1 is 1.40 bits per heavy atom. The molecule has 20 heavy (non-hydrogen) atoms. The van der Waals surface area contributed by atoms with Crippen molar-refractivity contribution in [2.24, 2.45) is 0 Å². The maximum Gasteiger partial charge on any atom is 0.273 e. The Morgan fingerprint density at radius 3 is 2.60 bits per heavy atom. The molecule has 0 atom stereocenters. The average molecular weight is 345 g/mol. The van der Waals surface area contributed by atoms with E-state index in [-0.39, 0.29) is 11.1 Å². The topological polar surface area (TPSA) is 72.2 Å². The van der Waals surface area contributed by atoms with Gasteiger partial charge in [-0.25, -0.2) is 4.39 Å². The van der Waals surface area contributed by atoms with E-state index in [4.69, 9.17) is 0 Å². The summed E-state index contributed by atoms with van der Waals surface area (Å²) in [4.78, 5) is 22.1. The van der Waals surface area contributed by atoms with Gasteiger partial charge < -0.3 is 5.32 Å². The Bertz CT molecular complexity index is 544. The lowest BCUT2D eigenvalue weighted by molar-refractivity contribution is -0.385. The summed E-state index contributed by atoms with van der Waals surface area (Å²) in [6.45, 7) is 0. The first kappa shape index (κ1) is 14.9. The van der Waals surface area contributed by atoms with Crippen LogP contribution in [0.4, 0.5) is 10.1 Å². The van der Waals surface area contributed by atoms with Crippen molar-refractivity contribution < 1.29 is 14.1 Å². The zero-order valence-corrected chi connectivity index (χ0v) is 12.3. The predicted octanol–water partition coefficient (Wildman–Crippen LogP) is 3.17. The molecule has 1 aromatic rings. The number of hydrogen-bond acceptors (Lipinski definition) is 3. The third-order valence-corrected chi connectivity index (χ3v) is 4.62. The molecule has 1 amide bonds. The molecular formula is C13H14BrFN2O3. The minimum absolute atomic E-state index is 0.0241. The Morgan fingerprint density at radius 2 is 2.05 bits per heavy atom. The Hall–Kier alpha value is -1.50. The van der Waals surface area contributed by atoms with Gasteiger partial charge in [-0.3, -0.25) is 14.9 Å². The first-order chi connectivity index (χ1) is 9.46. The van der Waals surface area contributed by atoms with E-state index in [1.165, 1.54) is 0 Å². The van der Waals surface area contributed by atoms with E-state index in [1.54, 1.807) is 0 Å². The highest BCUT2D eigenvalue weighted by molar-refractivity contribution is 9.09. The second-order valence-corrected chi connectivity index (χ2v) is 5.59. The molecule has 108 valence electrons. The third-order valence-electron chi connectivity index (χ3n) is 3.55. The van der Waals surface area contributed by atoms with Gasteiger partial charge in [0.05, 0.1) is 16.5 Å². The number of nitrogens with one attached hydrogen (secondary N) is 1. The maximum atomic E-state index is 13.3. The molecule has 1 saturated carbocycles. The van der Waals surface area contributed by atoms with Crippen LogP contribution in [0.1, 0.15) is 36.0 Å². The molecule has 0 spiro atoms. The van der Waals surface area contributed by atoms with Crippen LogP contribution in [0.15, 0.2) is 18.2 Å². The maximum absolute atomic E-state index is 13.3. The lowest BCUT2D eigenvalue weighted by Gasteiger charge is -2.28. The number of nitro groups is 1. The number of carbonyl (C=O) groups is 1. The fraction of sp³-hybridized carbons (Fsp3) is 0.462. The number of benzene rings is 1. The fourth-order valence-corrected chi connectivity index (χ4v) is 3.17. The summed E-state index contributed by atoms with van der Waals surface area (Å²) >= 11 is 3.39. The minimum Gasteiger partial charge on any atom is -0.346 e. The van der Waals surface area contributed by atoms with E-state index in [0.29, 0.717) is 5.33 Å². The zero-order chi connectivity index (χ0) is 14.8. The van der Waals surface area contributed by atoms with Crippen molar-refractivity contribution in [1.29, 1.82) is 0 Å². The van der Waals surface area contributed by atoms with Crippen LogP contribution < -0.4 is 5.32 Å². The van der Waals surface area contributed by atoms with Crippen molar-refractivity contribution in [3.05, 3.63) is 39.7 Å². The first-order valence-corrected chi connectivity index (χ1v) is 7.41. The van der Waals surface area contributed by atoms with Crippen LogP contribution >= 0.6 is 15.9 Å². The van der Waals surface area contributed by atoms with Gasteiger partial charge in [-0.05, 0) is 18.9 Å². The fourth-order valence-electron chi connectivity index (χ4n) is 2.47. The van der Waals surface area contributed by atoms with Gasteiger partial charge in [-0.1, -0.05) is 28.8 Å². The van der Waals surface area contributed by atoms with Crippen molar-refractivity contribution in [2.75, 3.05) is 5.33 Å². The van der Waals surface area contributed by atoms with Crippen molar-refractivity contribution in [3.8, 4) is 0 Å². The first-order valence-electron chi connectivity index (χ1n) is 6.29. The zero-order valence-electron chi connectivity index (χ0n) is 10.7. The normalized spacial score (nSPS) is 16.9. The molecule has 0 heterocycles. The minimum atomic E-state index is -0.788. The summed E-state index contributed by atoms with van der Waals surface area (Å²) < 4.78 is 13.3. The highest BCUT2D eigenvalue weighted by Crippen LogP contribution is 2.31. The molecular weight excluding hydrogens is 331 g/mol. The summed E-state index contributed by atoms with van der Waals surface area (Å²) in [5.74, 6) is -1.27. The van der Waals surface area contributed by atoms with Gasteiger partial charge in [0, 0.05) is 17.0 Å². The summed E-state index contributed by atoms with van der Waals surface area (Å²) in [5.41, 5.74) is -0.781. The molecule has 1 aliphatic carbocycles. The monoisotopic (exact) mass is 344 g/mol. The Kier molecular flexibility index (Phi) is 4.37. The van der Waals surface area contributed by atoms with Gasteiger partial charge in [0.1, 0.15) is 5.82 Å². The lowest BCUT2D eigenvalue weighted by atomic mass is 10.00. The second kappa shape index (κ2) is 5.87. The van der Waals surface area contributed by atoms with E-state index < -0.39 is 22.3 Å². The molecule has 0 unspecified atom stereocenters. The molecule has 0 bridgehead atoms. The number of nitro benzene ring substituents is 1. The molecule has 2 rings (SSSR count). The van der Waals surface area contributed by atoms with Crippen LogP contribution in [0.5, 0.6) is 0 Å². The third kappa shape index (κ3) is 3.15. The molecule has 5 nitrogen and oxygen atoms in total. The van der Waals surface area contributed by atoms with Gasteiger partial charge >= 0.3 is 0 Å². The van der Waals surface area contributed by atoms with E-state index >= 15 is 0 Å². The molecule has 0 radical (unpaired) electrons. The van der Waals surface area contributed by atoms with E-state index in [9.17, 15) is 19.3 Å². The molecule has 1 aliphatic rings. The van der Waals surface area contributed by atoms with Gasteiger partial charge in [-0.2, -0.15) is 0 Å². The number of rotatable bonds is 4. The van der Waals surface area contributed by atoms with E-state index in [2.05, 4.69) is 21.2 Å². The molecule has 0 aliphatic heterocycles. The van der Waals surface area contributed by atoms with Crippen LogP contribution in [-0.4, -0.2) is 21.7 Å². The largest absolute Gasteiger partial charge is 0.346 e. The Labute approximate surface area is 123 Å². The van der Waals surface area contributed by atoms with E-state index in [1.807, 2.05) is 0 Å². The van der Waals surface area contributed by atoms with Gasteiger partial charge in [-0.15, -0.1) is 0 Å². The number of non-ortho nitro benzene ring substituents is 1. The Balaban J connectivity index is 2.22. The van der Waals surface area contributed by atoms with Crippen LogP contribution in [-0.2, 0) is 0 Å². The number of halogens is 2. The van der Waals surface area contributed by atoms with Crippen LogP contribution in [0, 0.1) is 15.9 Å². The number of carbonyl (C=O) groups excluding carboxylic acids is 1. The average Bonchev–Trinajstić information content (AvgIpc) is 2.87. The SMILES string of the molecule is O=C(NC1(CBr)CCCC1)c1cc(F)cc([N+](=O)[O-])c1. The highest BCUT2D eigenvalue weighted by atomic mass is 79.9. The molecule has 1 fully saturated rings. The highest BCUT2D eigenvalue weighted by Gasteiger charge is 2.34. The van der Waals surface area contributed by atoms with E-state index in [0.717, 1.165) is 43.9 Å². The smallest absolute Gasteiger partial charge is 0.273 e. The van der Waals surface area contributed by atoms with Crippen molar-refractivity contribution in [1.82, 2.24) is 5.32 Å². The van der Waals surface area contributed by atoms with Gasteiger partial charge in [0.25, 0.3) is 11.6 Å². The number of hydrogen-bond donors (Lipinski definition) is 1. The summed E-state index contributed by atoms with van der Waals surface area (Å²) in [7, 11) is 0. The van der Waals surface area contributed by atoms with Crippen molar-refractivity contribution in [2.45, 2.75) is 31.2 Å². The van der Waals surface area contributed by atoms with Crippen LogP contribution in [0.25, 0.3) is 0 Å². The number of amides is 1. The van der Waals surface area contributed by atoms with Gasteiger partial charge in [0.15, 0.2) is 0 Å². The molecule has 7 heteroatoms. The number of alkyl halides is 1. The van der Waals surface area contributed by atoms with Crippen molar-refractivity contribution in [3.63, 3.8) is 0 Å². The summed E-state index contributed by atoms with van der Waals surface area (Å²) in [6, 6.07) is 2.90. The molecule has 1 aromatic carbocycles. The van der Waals surface area contributed by atoms with Gasteiger partial charge in [0.2, 0.25) is 0 Å². The van der Waals surface area contributed by atoms with Crippen molar-refractivity contribution >= 4 is 27.5 Å².